The Hall–Kier alpha value is -2.27. The first-order chi connectivity index (χ1) is 12.2. The molecule has 0 unspecified atom stereocenters. The van der Waals surface area contributed by atoms with E-state index in [0.717, 1.165) is 37.0 Å². The molecule has 3 nitrogen and oxygen atoms in total. The number of halogens is 1. The smallest absolute Gasteiger partial charge is 0.226 e. The molecule has 0 radical (unpaired) electrons. The van der Waals surface area contributed by atoms with Crippen molar-refractivity contribution < 1.29 is 9.18 Å². The molecule has 1 aliphatic rings. The summed E-state index contributed by atoms with van der Waals surface area (Å²) in [7, 11) is 0. The molecule has 128 valence electrons. The number of likely N-dealkylation sites (tertiary alicyclic amines) is 1. The molecule has 4 rings (SSSR count). The number of hydrogen-bond acceptors (Lipinski definition) is 3. The van der Waals surface area contributed by atoms with Gasteiger partial charge in [0.05, 0.1) is 21.6 Å². The Bertz CT molecular complexity index is 849. The van der Waals surface area contributed by atoms with E-state index in [4.69, 9.17) is 4.98 Å². The van der Waals surface area contributed by atoms with Crippen LogP contribution in [-0.4, -0.2) is 28.9 Å². The number of para-hydroxylation sites is 1. The van der Waals surface area contributed by atoms with Crippen molar-refractivity contribution >= 4 is 27.5 Å². The van der Waals surface area contributed by atoms with E-state index in [1.54, 1.807) is 23.5 Å². The fourth-order valence-electron chi connectivity index (χ4n) is 3.33. The number of piperidine rings is 1. The zero-order chi connectivity index (χ0) is 17.2. The quantitative estimate of drug-likeness (QED) is 0.699. The molecule has 2 aromatic carbocycles. The Morgan fingerprint density at radius 3 is 2.56 bits per heavy atom. The van der Waals surface area contributed by atoms with Crippen LogP contribution in [0.4, 0.5) is 4.39 Å². The van der Waals surface area contributed by atoms with E-state index < -0.39 is 0 Å². The highest BCUT2D eigenvalue weighted by Gasteiger charge is 2.25. The number of nitrogens with zero attached hydrogens (tertiary/aromatic N) is 2. The van der Waals surface area contributed by atoms with Gasteiger partial charge in [-0.25, -0.2) is 9.37 Å². The summed E-state index contributed by atoms with van der Waals surface area (Å²) in [5.74, 6) is 0.287. The highest BCUT2D eigenvalue weighted by atomic mass is 32.1. The largest absolute Gasteiger partial charge is 0.342 e. The number of thiazole rings is 1. The fourth-order valence-corrected chi connectivity index (χ4v) is 4.47. The lowest BCUT2D eigenvalue weighted by molar-refractivity contribution is -0.131. The van der Waals surface area contributed by atoms with E-state index in [-0.39, 0.29) is 11.7 Å². The van der Waals surface area contributed by atoms with E-state index in [0.29, 0.717) is 12.3 Å². The molecule has 1 amide bonds. The Morgan fingerprint density at radius 1 is 1.12 bits per heavy atom. The minimum Gasteiger partial charge on any atom is -0.342 e. The van der Waals surface area contributed by atoms with Crippen LogP contribution in [0.5, 0.6) is 0 Å². The zero-order valence-corrected chi connectivity index (χ0v) is 14.6. The molecule has 3 aromatic rings. The van der Waals surface area contributed by atoms with Crippen LogP contribution in [-0.2, 0) is 11.2 Å². The summed E-state index contributed by atoms with van der Waals surface area (Å²) in [5.41, 5.74) is 1.93. The third kappa shape index (κ3) is 3.56. The van der Waals surface area contributed by atoms with Crippen LogP contribution >= 0.6 is 11.3 Å². The van der Waals surface area contributed by atoms with Crippen LogP contribution in [0, 0.1) is 5.82 Å². The lowest BCUT2D eigenvalue weighted by Crippen LogP contribution is -2.38. The summed E-state index contributed by atoms with van der Waals surface area (Å²) in [6.45, 7) is 1.53. The molecule has 0 bridgehead atoms. The number of hydrogen-bond donors (Lipinski definition) is 0. The predicted octanol–water partition coefficient (Wildman–Crippen LogP) is 4.38. The molecule has 0 aliphatic carbocycles. The van der Waals surface area contributed by atoms with E-state index in [9.17, 15) is 9.18 Å². The Morgan fingerprint density at radius 2 is 1.84 bits per heavy atom. The molecular weight excluding hydrogens is 335 g/mol. The number of amides is 1. The van der Waals surface area contributed by atoms with Crippen molar-refractivity contribution in [2.45, 2.75) is 25.2 Å². The topological polar surface area (TPSA) is 33.2 Å². The van der Waals surface area contributed by atoms with Gasteiger partial charge in [0.2, 0.25) is 5.91 Å². The summed E-state index contributed by atoms with van der Waals surface area (Å²) in [6.07, 6.45) is 2.25. The fraction of sp³-hybridized carbons (Fsp3) is 0.300. The number of aromatic nitrogens is 1. The predicted molar refractivity (Wildman–Crippen MR) is 98.3 cm³/mol. The number of carbonyl (C=O) groups is 1. The summed E-state index contributed by atoms with van der Waals surface area (Å²) < 4.78 is 14.2. The maximum atomic E-state index is 13.0. The molecular formula is C20H19FN2OS. The van der Waals surface area contributed by atoms with Gasteiger partial charge in [0.25, 0.3) is 0 Å². The molecule has 1 aromatic heterocycles. The number of fused-ring (bicyclic) bond motifs is 1. The molecule has 1 aliphatic heterocycles. The van der Waals surface area contributed by atoms with Crippen molar-refractivity contribution in [1.29, 1.82) is 0 Å². The normalized spacial score (nSPS) is 15.6. The highest BCUT2D eigenvalue weighted by molar-refractivity contribution is 7.18. The van der Waals surface area contributed by atoms with Crippen molar-refractivity contribution in [3.05, 3.63) is 64.9 Å². The first kappa shape index (κ1) is 16.2. The second-order valence-electron chi connectivity index (χ2n) is 6.48. The summed E-state index contributed by atoms with van der Waals surface area (Å²) >= 11 is 1.77. The monoisotopic (exact) mass is 354 g/mol. The lowest BCUT2D eigenvalue weighted by atomic mass is 9.97. The first-order valence-electron chi connectivity index (χ1n) is 8.57. The molecule has 0 atom stereocenters. The van der Waals surface area contributed by atoms with Crippen molar-refractivity contribution in [2.24, 2.45) is 0 Å². The summed E-state index contributed by atoms with van der Waals surface area (Å²) in [4.78, 5) is 19.1. The first-order valence-corrected chi connectivity index (χ1v) is 9.38. The second-order valence-corrected chi connectivity index (χ2v) is 7.54. The van der Waals surface area contributed by atoms with Gasteiger partial charge >= 0.3 is 0 Å². The van der Waals surface area contributed by atoms with Gasteiger partial charge in [0.1, 0.15) is 5.82 Å². The molecule has 1 fully saturated rings. The average molecular weight is 354 g/mol. The standard InChI is InChI=1S/C20H19FN2OS/c21-16-7-5-14(6-8-16)13-19(24)23-11-9-15(10-12-23)20-22-17-3-1-2-4-18(17)25-20/h1-8,15H,9-13H2. The van der Waals surface area contributed by atoms with Crippen molar-refractivity contribution in [2.75, 3.05) is 13.1 Å². The van der Waals surface area contributed by atoms with Crippen LogP contribution < -0.4 is 0 Å². The van der Waals surface area contributed by atoms with Crippen LogP contribution in [0.25, 0.3) is 10.2 Å². The van der Waals surface area contributed by atoms with Crippen molar-refractivity contribution in [3.8, 4) is 0 Å². The number of benzene rings is 2. The van der Waals surface area contributed by atoms with E-state index in [1.165, 1.54) is 21.8 Å². The van der Waals surface area contributed by atoms with Crippen LogP contribution in [0.2, 0.25) is 0 Å². The van der Waals surface area contributed by atoms with Gasteiger partial charge in [-0.05, 0) is 42.7 Å². The molecule has 5 heteroatoms. The van der Waals surface area contributed by atoms with E-state index >= 15 is 0 Å². The second kappa shape index (κ2) is 6.92. The number of carbonyl (C=O) groups excluding carboxylic acids is 1. The SMILES string of the molecule is O=C(Cc1ccc(F)cc1)N1CCC(c2nc3ccccc3s2)CC1. The van der Waals surface area contributed by atoms with E-state index in [1.807, 2.05) is 17.0 Å². The van der Waals surface area contributed by atoms with Gasteiger partial charge in [0, 0.05) is 19.0 Å². The van der Waals surface area contributed by atoms with Gasteiger partial charge in [-0.15, -0.1) is 11.3 Å². The summed E-state index contributed by atoms with van der Waals surface area (Å²) in [6, 6.07) is 14.4. The van der Waals surface area contributed by atoms with Crippen molar-refractivity contribution in [1.82, 2.24) is 9.88 Å². The van der Waals surface area contributed by atoms with Crippen LogP contribution in [0.3, 0.4) is 0 Å². The van der Waals surface area contributed by atoms with Gasteiger partial charge in [-0.1, -0.05) is 24.3 Å². The Balaban J connectivity index is 1.37. The maximum Gasteiger partial charge on any atom is 0.226 e. The van der Waals surface area contributed by atoms with Gasteiger partial charge < -0.3 is 4.90 Å². The maximum absolute atomic E-state index is 13.0. The molecule has 0 spiro atoms. The van der Waals surface area contributed by atoms with Crippen molar-refractivity contribution in [3.63, 3.8) is 0 Å². The third-order valence-electron chi connectivity index (χ3n) is 4.78. The van der Waals surface area contributed by atoms with E-state index in [2.05, 4.69) is 12.1 Å². The minimum atomic E-state index is -0.271. The van der Waals surface area contributed by atoms with Gasteiger partial charge in [-0.3, -0.25) is 4.79 Å². The Labute approximate surface area is 150 Å². The minimum absolute atomic E-state index is 0.120. The average Bonchev–Trinajstić information content (AvgIpc) is 3.08. The molecule has 25 heavy (non-hydrogen) atoms. The Kier molecular flexibility index (Phi) is 4.49. The lowest BCUT2D eigenvalue weighted by Gasteiger charge is -2.31. The van der Waals surface area contributed by atoms with Gasteiger partial charge in [-0.2, -0.15) is 0 Å². The highest BCUT2D eigenvalue weighted by Crippen LogP contribution is 2.33. The summed E-state index contributed by atoms with van der Waals surface area (Å²) in [5, 5.41) is 1.19. The molecule has 0 N–H and O–H groups in total. The molecule has 1 saturated heterocycles. The zero-order valence-electron chi connectivity index (χ0n) is 13.8. The number of rotatable bonds is 3. The third-order valence-corrected chi connectivity index (χ3v) is 5.97. The van der Waals surface area contributed by atoms with Gasteiger partial charge in [0.15, 0.2) is 0 Å². The van der Waals surface area contributed by atoms with Crippen LogP contribution in [0.15, 0.2) is 48.5 Å². The molecule has 0 saturated carbocycles. The van der Waals surface area contributed by atoms with Crippen LogP contribution in [0.1, 0.15) is 29.3 Å². The molecule has 2 heterocycles.